The van der Waals surface area contributed by atoms with Gasteiger partial charge in [0.15, 0.2) is 0 Å². The summed E-state index contributed by atoms with van der Waals surface area (Å²) in [4.78, 5) is 0. The molecule has 0 aliphatic heterocycles. The summed E-state index contributed by atoms with van der Waals surface area (Å²) in [5.74, 6) is 0.741. The molecule has 0 atom stereocenters. The van der Waals surface area contributed by atoms with E-state index in [4.69, 9.17) is 5.11 Å². The molecule has 0 aromatic carbocycles. The summed E-state index contributed by atoms with van der Waals surface area (Å²) in [6, 6.07) is 4.21. The van der Waals surface area contributed by atoms with Gasteiger partial charge in [0.05, 0.1) is 6.61 Å². The van der Waals surface area contributed by atoms with Crippen LogP contribution in [0.3, 0.4) is 0 Å². The molecule has 3 heteroatoms. The first-order chi connectivity index (χ1) is 7.24. The molecule has 86 valence electrons. The quantitative estimate of drug-likeness (QED) is 0.671. The topological polar surface area (TPSA) is 37.2 Å². The molecule has 0 aliphatic rings. The highest BCUT2D eigenvalue weighted by Crippen LogP contribution is 2.07. The van der Waals surface area contributed by atoms with Gasteiger partial charge in [-0.25, -0.2) is 0 Å². The Morgan fingerprint density at radius 3 is 2.93 bits per heavy atom. The van der Waals surface area contributed by atoms with Crippen LogP contribution in [0.2, 0.25) is 0 Å². The number of aliphatic hydroxyl groups is 1. The third kappa shape index (κ3) is 4.49. The predicted octanol–water partition coefficient (Wildman–Crippen LogP) is 1.62. The van der Waals surface area contributed by atoms with Gasteiger partial charge < -0.3 is 15.0 Å². The van der Waals surface area contributed by atoms with Gasteiger partial charge in [0.2, 0.25) is 0 Å². The minimum absolute atomic E-state index is 0.201. The van der Waals surface area contributed by atoms with Crippen LogP contribution in [-0.4, -0.2) is 22.8 Å². The van der Waals surface area contributed by atoms with E-state index >= 15 is 0 Å². The Morgan fingerprint density at radius 1 is 1.47 bits per heavy atom. The van der Waals surface area contributed by atoms with E-state index in [-0.39, 0.29) is 6.61 Å². The number of aryl methyl sites for hydroxylation is 1. The second-order valence-electron chi connectivity index (χ2n) is 4.28. The minimum Gasteiger partial charge on any atom is -0.395 e. The average Bonchev–Trinajstić information content (AvgIpc) is 2.63. The first kappa shape index (κ1) is 12.3. The molecular weight excluding hydrogens is 188 g/mol. The van der Waals surface area contributed by atoms with Crippen molar-refractivity contribution in [3.05, 3.63) is 24.0 Å². The Morgan fingerprint density at radius 2 is 2.27 bits per heavy atom. The number of aromatic nitrogens is 1. The highest BCUT2D eigenvalue weighted by atomic mass is 16.3. The van der Waals surface area contributed by atoms with Gasteiger partial charge in [-0.05, 0) is 24.5 Å². The van der Waals surface area contributed by atoms with Crippen molar-refractivity contribution in [1.29, 1.82) is 0 Å². The molecule has 0 radical (unpaired) electrons. The van der Waals surface area contributed by atoms with Gasteiger partial charge in [0.1, 0.15) is 0 Å². The molecule has 0 amide bonds. The summed E-state index contributed by atoms with van der Waals surface area (Å²) >= 11 is 0. The van der Waals surface area contributed by atoms with Gasteiger partial charge in [-0.15, -0.1) is 0 Å². The molecule has 0 saturated heterocycles. The van der Waals surface area contributed by atoms with Crippen molar-refractivity contribution >= 4 is 0 Å². The van der Waals surface area contributed by atoms with E-state index in [0.717, 1.165) is 19.0 Å². The van der Waals surface area contributed by atoms with Crippen LogP contribution in [0.5, 0.6) is 0 Å². The number of nitrogens with one attached hydrogen (secondary N) is 1. The fourth-order valence-corrected chi connectivity index (χ4v) is 1.52. The molecular formula is C12H22N2O. The van der Waals surface area contributed by atoms with E-state index in [0.29, 0.717) is 6.54 Å². The van der Waals surface area contributed by atoms with Gasteiger partial charge in [0, 0.05) is 31.5 Å². The van der Waals surface area contributed by atoms with Gasteiger partial charge in [0.25, 0.3) is 0 Å². The van der Waals surface area contributed by atoms with Crippen LogP contribution < -0.4 is 5.32 Å². The Hall–Kier alpha value is -0.800. The van der Waals surface area contributed by atoms with Crippen LogP contribution in [0, 0.1) is 5.92 Å². The fourth-order valence-electron chi connectivity index (χ4n) is 1.52. The standard InChI is InChI=1S/C12H22N2O/c1-11(2)5-8-14-7-3-4-12(14)10-13-6-9-15/h3-4,7,11,13,15H,5-6,8-10H2,1-2H3. The summed E-state index contributed by atoms with van der Waals surface area (Å²) in [7, 11) is 0. The van der Waals surface area contributed by atoms with Crippen molar-refractivity contribution in [3.63, 3.8) is 0 Å². The molecule has 0 unspecified atom stereocenters. The number of nitrogens with zero attached hydrogens (tertiary/aromatic N) is 1. The number of hydrogen-bond donors (Lipinski definition) is 2. The number of hydrogen-bond acceptors (Lipinski definition) is 2. The number of rotatable bonds is 7. The molecule has 1 aromatic rings. The van der Waals surface area contributed by atoms with Crippen LogP contribution in [-0.2, 0) is 13.1 Å². The lowest BCUT2D eigenvalue weighted by atomic mass is 10.1. The third-order valence-corrected chi connectivity index (χ3v) is 2.47. The molecule has 15 heavy (non-hydrogen) atoms. The SMILES string of the molecule is CC(C)CCn1cccc1CNCCO. The maximum atomic E-state index is 8.67. The zero-order valence-corrected chi connectivity index (χ0v) is 9.74. The van der Waals surface area contributed by atoms with E-state index in [1.807, 2.05) is 0 Å². The molecule has 0 aliphatic carbocycles. The van der Waals surface area contributed by atoms with E-state index < -0.39 is 0 Å². The summed E-state index contributed by atoms with van der Waals surface area (Å²) in [6.45, 7) is 7.27. The van der Waals surface area contributed by atoms with E-state index in [1.54, 1.807) is 0 Å². The first-order valence-electron chi connectivity index (χ1n) is 5.69. The summed E-state index contributed by atoms with van der Waals surface area (Å²) in [5.41, 5.74) is 1.30. The lowest BCUT2D eigenvalue weighted by Gasteiger charge is -2.11. The van der Waals surface area contributed by atoms with Crippen LogP contribution >= 0.6 is 0 Å². The second-order valence-corrected chi connectivity index (χ2v) is 4.28. The second kappa shape index (κ2) is 6.64. The van der Waals surface area contributed by atoms with Crippen molar-refractivity contribution in [2.45, 2.75) is 33.4 Å². The molecule has 1 rings (SSSR count). The van der Waals surface area contributed by atoms with Crippen LogP contribution in [0.25, 0.3) is 0 Å². The van der Waals surface area contributed by atoms with Crippen molar-refractivity contribution in [2.24, 2.45) is 5.92 Å². The molecule has 0 fully saturated rings. The van der Waals surface area contributed by atoms with Crippen molar-refractivity contribution in [1.82, 2.24) is 9.88 Å². The Kier molecular flexibility index (Phi) is 5.43. The minimum atomic E-state index is 0.201. The van der Waals surface area contributed by atoms with Crippen LogP contribution in [0.15, 0.2) is 18.3 Å². The maximum Gasteiger partial charge on any atom is 0.0556 e. The fraction of sp³-hybridized carbons (Fsp3) is 0.667. The number of aliphatic hydroxyl groups excluding tert-OH is 1. The zero-order valence-electron chi connectivity index (χ0n) is 9.74. The third-order valence-electron chi connectivity index (χ3n) is 2.47. The van der Waals surface area contributed by atoms with Gasteiger partial charge >= 0.3 is 0 Å². The van der Waals surface area contributed by atoms with E-state index in [2.05, 4.69) is 42.1 Å². The first-order valence-corrected chi connectivity index (χ1v) is 5.69. The zero-order chi connectivity index (χ0) is 11.1. The van der Waals surface area contributed by atoms with Crippen LogP contribution in [0.4, 0.5) is 0 Å². The molecule has 2 N–H and O–H groups in total. The van der Waals surface area contributed by atoms with Crippen molar-refractivity contribution < 1.29 is 5.11 Å². The highest BCUT2D eigenvalue weighted by molar-refractivity contribution is 5.06. The maximum absolute atomic E-state index is 8.67. The molecule has 1 aromatic heterocycles. The van der Waals surface area contributed by atoms with E-state index in [1.165, 1.54) is 12.1 Å². The molecule has 3 nitrogen and oxygen atoms in total. The molecule has 0 saturated carbocycles. The van der Waals surface area contributed by atoms with Gasteiger partial charge in [-0.1, -0.05) is 13.8 Å². The predicted molar refractivity (Wildman–Crippen MR) is 62.7 cm³/mol. The molecule has 0 spiro atoms. The molecule has 0 bridgehead atoms. The lowest BCUT2D eigenvalue weighted by molar-refractivity contribution is 0.291. The summed E-state index contributed by atoms with van der Waals surface area (Å²) in [6.07, 6.45) is 3.33. The lowest BCUT2D eigenvalue weighted by Crippen LogP contribution is -2.19. The normalized spacial score (nSPS) is 11.2. The Balaban J connectivity index is 2.39. The average molecular weight is 210 g/mol. The monoisotopic (exact) mass is 210 g/mol. The summed E-state index contributed by atoms with van der Waals surface area (Å²) < 4.78 is 2.28. The Labute approximate surface area is 92.1 Å². The Bertz CT molecular complexity index is 268. The summed E-state index contributed by atoms with van der Waals surface area (Å²) in [5, 5.41) is 11.9. The smallest absolute Gasteiger partial charge is 0.0556 e. The largest absolute Gasteiger partial charge is 0.395 e. The van der Waals surface area contributed by atoms with E-state index in [9.17, 15) is 0 Å². The van der Waals surface area contributed by atoms with Gasteiger partial charge in [-0.2, -0.15) is 0 Å². The highest BCUT2D eigenvalue weighted by Gasteiger charge is 2.01. The molecule has 1 heterocycles. The van der Waals surface area contributed by atoms with Gasteiger partial charge in [-0.3, -0.25) is 0 Å². The van der Waals surface area contributed by atoms with Crippen LogP contribution in [0.1, 0.15) is 26.0 Å². The van der Waals surface area contributed by atoms with Crippen molar-refractivity contribution in [3.8, 4) is 0 Å². The van der Waals surface area contributed by atoms with Crippen molar-refractivity contribution in [2.75, 3.05) is 13.2 Å².